The van der Waals surface area contributed by atoms with Crippen molar-refractivity contribution in [1.82, 2.24) is 30.2 Å². The van der Waals surface area contributed by atoms with E-state index >= 15 is 0 Å². The first-order chi connectivity index (χ1) is 11.5. The summed E-state index contributed by atoms with van der Waals surface area (Å²) in [6, 6.07) is 0. The third-order valence-corrected chi connectivity index (χ3v) is 4.36. The lowest BCUT2D eigenvalue weighted by molar-refractivity contribution is 0.0737. The number of nitrogens with one attached hydrogen (secondary N) is 2. The molecule has 2 heterocycles. The van der Waals surface area contributed by atoms with Crippen molar-refractivity contribution in [3.8, 4) is 0 Å². The number of carbonyl (C=O) groups is 1. The average molecular weight is 373 g/mol. The van der Waals surface area contributed by atoms with Crippen molar-refractivity contribution in [2.75, 3.05) is 60.9 Å². The Morgan fingerprint density at radius 3 is 2.20 bits per heavy atom. The molecule has 7 nitrogen and oxygen atoms in total. The molecule has 1 aliphatic rings. The zero-order chi connectivity index (χ0) is 17.5. The maximum absolute atomic E-state index is 13.0. The van der Waals surface area contributed by atoms with E-state index in [2.05, 4.69) is 53.5 Å². The van der Waals surface area contributed by atoms with E-state index in [1.165, 1.54) is 0 Å². The third kappa shape index (κ3) is 6.58. The van der Waals surface area contributed by atoms with Gasteiger partial charge in [0.15, 0.2) is 5.69 Å². The Bertz CT molecular complexity index is 517. The summed E-state index contributed by atoms with van der Waals surface area (Å²) < 4.78 is 0. The molecule has 0 atom stereocenters. The van der Waals surface area contributed by atoms with E-state index in [1.807, 2.05) is 4.90 Å². The Kier molecular flexibility index (Phi) is 9.42. The van der Waals surface area contributed by atoms with Crippen molar-refractivity contribution < 1.29 is 4.79 Å². The summed E-state index contributed by atoms with van der Waals surface area (Å²) in [5.74, 6) is 0.0636. The van der Waals surface area contributed by atoms with Crippen LogP contribution in [0, 0.1) is 0 Å². The second kappa shape index (κ2) is 10.8. The van der Waals surface area contributed by atoms with Crippen LogP contribution < -0.4 is 5.32 Å². The van der Waals surface area contributed by atoms with Crippen LogP contribution in [0.25, 0.3) is 0 Å². The SMILES string of the molecule is CN(C)CCCN(CCCN(C)C)C(=O)c1n[nH]c2c1CNCC2.Cl. The van der Waals surface area contributed by atoms with E-state index in [1.54, 1.807) is 0 Å². The summed E-state index contributed by atoms with van der Waals surface area (Å²) in [5.41, 5.74) is 2.77. The van der Waals surface area contributed by atoms with Crippen LogP contribution in [-0.4, -0.2) is 91.7 Å². The van der Waals surface area contributed by atoms with E-state index < -0.39 is 0 Å². The highest BCUT2D eigenvalue weighted by molar-refractivity contribution is 5.94. The normalized spacial score (nSPS) is 13.7. The number of nitrogens with zero attached hydrogens (tertiary/aromatic N) is 4. The fraction of sp³-hybridized carbons (Fsp3) is 0.765. The molecule has 0 saturated carbocycles. The number of fused-ring (bicyclic) bond motifs is 1. The minimum absolute atomic E-state index is 0. The summed E-state index contributed by atoms with van der Waals surface area (Å²) in [5, 5.41) is 10.7. The van der Waals surface area contributed by atoms with Gasteiger partial charge in [0.1, 0.15) is 0 Å². The van der Waals surface area contributed by atoms with Crippen molar-refractivity contribution in [3.63, 3.8) is 0 Å². The highest BCUT2D eigenvalue weighted by Gasteiger charge is 2.25. The first kappa shape index (κ1) is 21.9. The summed E-state index contributed by atoms with van der Waals surface area (Å²) in [6.45, 7) is 5.20. The molecule has 144 valence electrons. The summed E-state index contributed by atoms with van der Waals surface area (Å²) >= 11 is 0. The summed E-state index contributed by atoms with van der Waals surface area (Å²) in [7, 11) is 8.25. The van der Waals surface area contributed by atoms with Crippen LogP contribution in [0.3, 0.4) is 0 Å². The van der Waals surface area contributed by atoms with Gasteiger partial charge in [0.2, 0.25) is 0 Å². The monoisotopic (exact) mass is 372 g/mol. The van der Waals surface area contributed by atoms with E-state index in [4.69, 9.17) is 0 Å². The molecule has 0 aromatic carbocycles. The lowest BCUT2D eigenvalue weighted by Crippen LogP contribution is -2.36. The first-order valence-electron chi connectivity index (χ1n) is 8.84. The second-order valence-corrected chi connectivity index (χ2v) is 7.06. The number of rotatable bonds is 9. The molecule has 1 aliphatic heterocycles. The molecule has 2 N–H and O–H groups in total. The van der Waals surface area contributed by atoms with Crippen molar-refractivity contribution in [2.24, 2.45) is 0 Å². The van der Waals surface area contributed by atoms with Crippen molar-refractivity contribution >= 4 is 18.3 Å². The number of hydrogen-bond acceptors (Lipinski definition) is 5. The maximum atomic E-state index is 13.0. The van der Waals surface area contributed by atoms with E-state index in [-0.39, 0.29) is 18.3 Å². The molecule has 1 amide bonds. The smallest absolute Gasteiger partial charge is 0.274 e. The Balaban J connectivity index is 0.00000312. The molecule has 0 saturated heterocycles. The molecule has 0 radical (unpaired) electrons. The molecule has 1 aromatic rings. The van der Waals surface area contributed by atoms with Crippen LogP contribution in [0.2, 0.25) is 0 Å². The van der Waals surface area contributed by atoms with Gasteiger partial charge in [0, 0.05) is 43.9 Å². The predicted molar refractivity (Wildman–Crippen MR) is 103 cm³/mol. The maximum Gasteiger partial charge on any atom is 0.274 e. The fourth-order valence-corrected chi connectivity index (χ4v) is 3.02. The van der Waals surface area contributed by atoms with Crippen LogP contribution in [0.1, 0.15) is 34.6 Å². The zero-order valence-electron chi connectivity index (χ0n) is 16.0. The predicted octanol–water partition coefficient (Wildman–Crippen LogP) is 0.823. The van der Waals surface area contributed by atoms with Crippen LogP contribution in [0.4, 0.5) is 0 Å². The van der Waals surface area contributed by atoms with Crippen molar-refractivity contribution in [1.29, 1.82) is 0 Å². The molecular formula is C17H33ClN6O. The molecule has 0 bridgehead atoms. The second-order valence-electron chi connectivity index (χ2n) is 7.06. The Hall–Kier alpha value is -1.15. The number of carbonyl (C=O) groups excluding carboxylic acids is 1. The summed E-state index contributed by atoms with van der Waals surface area (Å²) in [6.07, 6.45) is 2.87. The van der Waals surface area contributed by atoms with Crippen LogP contribution in [0.15, 0.2) is 0 Å². The zero-order valence-corrected chi connectivity index (χ0v) is 16.8. The highest BCUT2D eigenvalue weighted by atomic mass is 35.5. The van der Waals surface area contributed by atoms with Gasteiger partial charge in [-0.15, -0.1) is 12.4 Å². The van der Waals surface area contributed by atoms with Gasteiger partial charge in [0.25, 0.3) is 5.91 Å². The number of amides is 1. The van der Waals surface area contributed by atoms with Crippen LogP contribution >= 0.6 is 12.4 Å². The molecule has 2 rings (SSSR count). The molecule has 8 heteroatoms. The Morgan fingerprint density at radius 2 is 1.64 bits per heavy atom. The third-order valence-electron chi connectivity index (χ3n) is 4.36. The lowest BCUT2D eigenvalue weighted by Gasteiger charge is -2.24. The van der Waals surface area contributed by atoms with Gasteiger partial charge < -0.3 is 20.0 Å². The first-order valence-corrected chi connectivity index (χ1v) is 8.84. The van der Waals surface area contributed by atoms with Gasteiger partial charge in [-0.25, -0.2) is 0 Å². The molecule has 0 fully saturated rings. The minimum Gasteiger partial charge on any atom is -0.337 e. The largest absolute Gasteiger partial charge is 0.337 e. The van der Waals surface area contributed by atoms with Gasteiger partial charge in [-0.1, -0.05) is 0 Å². The standard InChI is InChI=1S/C17H32N6O.ClH/c1-21(2)9-5-11-23(12-6-10-22(3)4)17(24)16-14-13-18-8-7-15(14)19-20-16;/h18H,5-13H2,1-4H3,(H,19,20);1H. The number of H-pyrrole nitrogens is 1. The van der Waals surface area contributed by atoms with E-state index in [9.17, 15) is 4.79 Å². The van der Waals surface area contributed by atoms with Gasteiger partial charge in [-0.05, 0) is 54.1 Å². The molecule has 0 spiro atoms. The van der Waals surface area contributed by atoms with Gasteiger partial charge in [-0.3, -0.25) is 9.89 Å². The van der Waals surface area contributed by atoms with Crippen LogP contribution in [0.5, 0.6) is 0 Å². The van der Waals surface area contributed by atoms with Crippen LogP contribution in [-0.2, 0) is 13.0 Å². The number of hydrogen-bond donors (Lipinski definition) is 2. The molecule has 0 unspecified atom stereocenters. The average Bonchev–Trinajstić information content (AvgIpc) is 2.96. The Labute approximate surface area is 157 Å². The number of aromatic amines is 1. The Morgan fingerprint density at radius 1 is 1.04 bits per heavy atom. The van der Waals surface area contributed by atoms with E-state index in [0.717, 1.165) is 69.8 Å². The topological polar surface area (TPSA) is 67.5 Å². The minimum atomic E-state index is 0. The van der Waals surface area contributed by atoms with Crippen molar-refractivity contribution in [2.45, 2.75) is 25.8 Å². The fourth-order valence-electron chi connectivity index (χ4n) is 3.02. The highest BCUT2D eigenvalue weighted by Crippen LogP contribution is 2.17. The molecule has 1 aromatic heterocycles. The van der Waals surface area contributed by atoms with Gasteiger partial charge in [0.05, 0.1) is 0 Å². The quantitative estimate of drug-likeness (QED) is 0.672. The molecular weight excluding hydrogens is 340 g/mol. The molecule has 25 heavy (non-hydrogen) atoms. The molecule has 0 aliphatic carbocycles. The van der Waals surface area contributed by atoms with Gasteiger partial charge >= 0.3 is 0 Å². The number of aromatic nitrogens is 2. The summed E-state index contributed by atoms with van der Waals surface area (Å²) in [4.78, 5) is 19.3. The van der Waals surface area contributed by atoms with Crippen molar-refractivity contribution in [3.05, 3.63) is 17.0 Å². The van der Waals surface area contributed by atoms with Gasteiger partial charge in [-0.2, -0.15) is 5.10 Å². The van der Waals surface area contributed by atoms with E-state index in [0.29, 0.717) is 5.69 Å². The number of halogens is 1. The lowest BCUT2D eigenvalue weighted by atomic mass is 10.1.